The van der Waals surface area contributed by atoms with Crippen molar-refractivity contribution in [3.8, 4) is 5.95 Å². The Morgan fingerprint density at radius 3 is 2.90 bits per heavy atom. The van der Waals surface area contributed by atoms with Gasteiger partial charge in [-0.1, -0.05) is 20.3 Å². The number of aromatic hydroxyl groups is 1. The molecule has 1 saturated heterocycles. The van der Waals surface area contributed by atoms with Crippen LogP contribution in [0.3, 0.4) is 0 Å². The summed E-state index contributed by atoms with van der Waals surface area (Å²) in [4.78, 5) is 14.3. The van der Waals surface area contributed by atoms with Crippen molar-refractivity contribution in [1.82, 2.24) is 0 Å². The predicted molar refractivity (Wildman–Crippen MR) is 65.7 cm³/mol. The highest BCUT2D eigenvalue weighted by Gasteiger charge is 2.40. The number of rotatable bonds is 4. The molecule has 1 aliphatic rings. The van der Waals surface area contributed by atoms with Gasteiger partial charge in [-0.15, -0.1) is 0 Å². The van der Waals surface area contributed by atoms with Gasteiger partial charge in [0.15, 0.2) is 17.9 Å². The molecular weight excluding hydrogens is 266 g/mol. The molecule has 1 aromatic heterocycles. The third-order valence-corrected chi connectivity index (χ3v) is 3.21. The number of aromatic nitrogens is 2. The van der Waals surface area contributed by atoms with Crippen molar-refractivity contribution in [2.24, 2.45) is 5.92 Å². The fraction of sp³-hybridized carbons (Fsp3) is 0.750. The van der Waals surface area contributed by atoms with Gasteiger partial charge >= 0.3 is 18.2 Å². The summed E-state index contributed by atoms with van der Waals surface area (Å²) in [5.41, 5.74) is 0. The molecule has 0 spiro atoms. The van der Waals surface area contributed by atoms with Gasteiger partial charge in [0.05, 0.1) is 19.8 Å². The summed E-state index contributed by atoms with van der Waals surface area (Å²) in [5, 5.41) is 11.3. The highest BCUT2D eigenvalue weighted by Crippen LogP contribution is 2.02. The molecule has 1 fully saturated rings. The van der Waals surface area contributed by atoms with Crippen molar-refractivity contribution in [2.75, 3.05) is 37.9 Å². The lowest BCUT2D eigenvalue weighted by molar-refractivity contribution is -1.26. The molecule has 8 heteroatoms. The molecule has 112 valence electrons. The largest absolute Gasteiger partial charge is 0.612 e. The van der Waals surface area contributed by atoms with E-state index in [1.54, 1.807) is 0 Å². The monoisotopic (exact) mass is 287 g/mol. The second-order valence-electron chi connectivity index (χ2n) is 4.81. The number of carbonyl (C=O) groups is 1. The van der Waals surface area contributed by atoms with Gasteiger partial charge in [0.1, 0.15) is 0 Å². The van der Waals surface area contributed by atoms with Crippen LogP contribution in [-0.4, -0.2) is 44.1 Å². The van der Waals surface area contributed by atoms with Crippen molar-refractivity contribution >= 4 is 6.09 Å². The molecule has 1 aliphatic heterocycles. The van der Waals surface area contributed by atoms with Gasteiger partial charge < -0.3 is 14.6 Å². The molecule has 1 atom stereocenters. The van der Waals surface area contributed by atoms with Crippen LogP contribution in [0.25, 0.3) is 0 Å². The maximum atomic E-state index is 12.0. The van der Waals surface area contributed by atoms with Gasteiger partial charge in [-0.25, -0.2) is 0 Å². The Balaban J connectivity index is 2.08. The number of carbonyl (C=O) groups excluding carboxylic acids is 1. The van der Waals surface area contributed by atoms with Crippen LogP contribution in [0.2, 0.25) is 0 Å². The third-order valence-electron chi connectivity index (χ3n) is 3.21. The fourth-order valence-corrected chi connectivity index (χ4v) is 1.77. The van der Waals surface area contributed by atoms with Gasteiger partial charge in [0, 0.05) is 0 Å². The molecule has 0 bridgehead atoms. The van der Waals surface area contributed by atoms with Crippen LogP contribution in [-0.2, 0) is 9.47 Å². The van der Waals surface area contributed by atoms with Crippen molar-refractivity contribution in [2.45, 2.75) is 20.3 Å². The molecule has 1 unspecified atom stereocenters. The molecule has 2 heterocycles. The van der Waals surface area contributed by atoms with Gasteiger partial charge in [-0.2, -0.15) is 9.32 Å². The molecule has 0 radical (unpaired) electrons. The van der Waals surface area contributed by atoms with Crippen LogP contribution in [0.15, 0.2) is 10.7 Å². The van der Waals surface area contributed by atoms with Crippen molar-refractivity contribution in [3.05, 3.63) is 6.20 Å². The maximum absolute atomic E-state index is 12.0. The predicted octanol–water partition coefficient (Wildman–Crippen LogP) is -0.441. The first-order valence-electron chi connectivity index (χ1n) is 6.79. The molecule has 0 aliphatic carbocycles. The zero-order chi connectivity index (χ0) is 14.5. The molecule has 1 N–H and O–H groups in total. The normalized spacial score (nSPS) is 17.0. The van der Waals surface area contributed by atoms with Gasteiger partial charge in [0.2, 0.25) is 0 Å². The molecule has 8 nitrogen and oxygen atoms in total. The van der Waals surface area contributed by atoms with E-state index in [4.69, 9.17) is 14.0 Å². The lowest BCUT2D eigenvalue weighted by Gasteiger charge is -2.13. The third kappa shape index (κ3) is 3.38. The zero-order valence-corrected chi connectivity index (χ0v) is 11.8. The molecule has 0 saturated carbocycles. The smallest absolute Gasteiger partial charge is 0.473 e. The highest BCUT2D eigenvalue weighted by atomic mass is 16.7. The first kappa shape index (κ1) is 14.6. The van der Waals surface area contributed by atoms with E-state index in [0.717, 1.165) is 11.3 Å². The van der Waals surface area contributed by atoms with Crippen LogP contribution in [0.5, 0.6) is 5.95 Å². The minimum absolute atomic E-state index is 0.278. The quantitative estimate of drug-likeness (QED) is 0.756. The van der Waals surface area contributed by atoms with E-state index in [2.05, 4.69) is 0 Å². The van der Waals surface area contributed by atoms with Crippen LogP contribution in [0.4, 0.5) is 4.79 Å². The first-order valence-corrected chi connectivity index (χ1v) is 6.79. The number of hydrogen-bond donors (Lipinski definition) is 1. The summed E-state index contributed by atoms with van der Waals surface area (Å²) in [7, 11) is 0. The summed E-state index contributed by atoms with van der Waals surface area (Å²) in [6.45, 7) is 6.64. The van der Waals surface area contributed by atoms with E-state index >= 15 is 0 Å². The van der Waals surface area contributed by atoms with E-state index in [-0.39, 0.29) is 11.9 Å². The van der Waals surface area contributed by atoms with Crippen LogP contribution < -0.4 is 14.7 Å². The summed E-state index contributed by atoms with van der Waals surface area (Å²) in [6, 6.07) is 0. The molecule has 0 amide bonds. The van der Waals surface area contributed by atoms with E-state index in [0.29, 0.717) is 32.9 Å². The number of ether oxygens (including phenoxy) is 2. The van der Waals surface area contributed by atoms with Gasteiger partial charge in [-0.05, 0) is 10.9 Å². The minimum atomic E-state index is -0.655. The van der Waals surface area contributed by atoms with Crippen molar-refractivity contribution < 1.29 is 33.5 Å². The molecule has 0 aromatic carbocycles. The van der Waals surface area contributed by atoms with E-state index in [9.17, 15) is 9.90 Å². The average molecular weight is 287 g/mol. The van der Waals surface area contributed by atoms with E-state index in [1.807, 2.05) is 18.9 Å². The summed E-state index contributed by atoms with van der Waals surface area (Å²) in [5.74, 6) is -0.0723. The zero-order valence-electron chi connectivity index (χ0n) is 11.8. The fourth-order valence-electron chi connectivity index (χ4n) is 1.77. The van der Waals surface area contributed by atoms with Crippen LogP contribution >= 0.6 is 0 Å². The minimum Gasteiger partial charge on any atom is -0.473 e. The summed E-state index contributed by atoms with van der Waals surface area (Å²) >= 11 is 0. The van der Waals surface area contributed by atoms with Crippen molar-refractivity contribution in [1.29, 1.82) is 0 Å². The Hall–Kier alpha value is -1.83. The lowest BCUT2D eigenvalue weighted by Crippen LogP contribution is -2.79. The number of hydrogen-bond acceptors (Lipinski definition) is 6. The summed E-state index contributed by atoms with van der Waals surface area (Å²) < 4.78 is 15.4. The Morgan fingerprint density at radius 1 is 1.55 bits per heavy atom. The second kappa shape index (κ2) is 6.56. The molecule has 2 rings (SSSR count). The van der Waals surface area contributed by atoms with E-state index < -0.39 is 6.09 Å². The van der Waals surface area contributed by atoms with E-state index in [1.165, 1.54) is 11.0 Å². The Kier molecular flexibility index (Phi) is 4.78. The topological polar surface area (TPSA) is 79.9 Å². The average Bonchev–Trinajstić information content (AvgIpc) is 2.87. The molecule has 20 heavy (non-hydrogen) atoms. The number of nitrogens with zero attached hydrogens (tertiary/aromatic N) is 3. The SMILES string of the molecule is CCC(C)COC(=O)[n+]1oc(O)c[n+]1N1CCOCC1. The lowest BCUT2D eigenvalue weighted by atomic mass is 10.1. The number of morpholine rings is 1. The van der Waals surface area contributed by atoms with Gasteiger partial charge in [0.25, 0.3) is 4.85 Å². The van der Waals surface area contributed by atoms with Crippen LogP contribution in [0.1, 0.15) is 20.3 Å². The molecule has 1 aromatic rings. The Labute approximate surface area is 117 Å². The highest BCUT2D eigenvalue weighted by molar-refractivity contribution is 5.54. The van der Waals surface area contributed by atoms with Crippen molar-refractivity contribution in [3.63, 3.8) is 0 Å². The standard InChI is InChI=1S/C12H20N3O5/c1-3-10(2)9-19-12(17)15-14(8-11(16)20-15)13-4-6-18-7-5-13/h8,10H,3-7,9H2,1-2H3/q+1/p+1. The Morgan fingerprint density at radius 2 is 2.25 bits per heavy atom. The van der Waals surface area contributed by atoms with Crippen LogP contribution in [0, 0.1) is 5.92 Å². The second-order valence-corrected chi connectivity index (χ2v) is 4.81. The molecular formula is C12H21N3O5+2. The summed E-state index contributed by atoms with van der Waals surface area (Å²) in [6.07, 6.45) is 1.60. The first-order chi connectivity index (χ1) is 9.61. The maximum Gasteiger partial charge on any atom is 0.612 e. The Bertz CT molecular complexity index is 456. The van der Waals surface area contributed by atoms with Gasteiger partial charge in [-0.3, -0.25) is 0 Å².